The Morgan fingerprint density at radius 1 is 1.57 bits per heavy atom. The lowest BCUT2D eigenvalue weighted by Crippen LogP contribution is -2.33. The van der Waals surface area contributed by atoms with Gasteiger partial charge in [0, 0.05) is 6.42 Å². The minimum Gasteiger partial charge on any atom is -0.374 e. The molecule has 2 saturated heterocycles. The van der Waals surface area contributed by atoms with E-state index in [0.29, 0.717) is 6.10 Å². The van der Waals surface area contributed by atoms with E-state index in [0.717, 1.165) is 38.4 Å². The van der Waals surface area contributed by atoms with Crippen LogP contribution in [0.1, 0.15) is 39.0 Å². The fourth-order valence-electron chi connectivity index (χ4n) is 2.70. The van der Waals surface area contributed by atoms with E-state index in [9.17, 15) is 4.79 Å². The van der Waals surface area contributed by atoms with E-state index in [1.54, 1.807) is 0 Å². The second-order valence-electron chi connectivity index (χ2n) is 4.31. The van der Waals surface area contributed by atoms with Gasteiger partial charge in [0.15, 0.2) is 0 Å². The van der Waals surface area contributed by atoms with Gasteiger partial charge in [-0.2, -0.15) is 0 Å². The maximum Gasteiger partial charge on any atom is 0.128 e. The molecular formula is C12H16O2. The van der Waals surface area contributed by atoms with Gasteiger partial charge in [-0.3, -0.25) is 0 Å². The monoisotopic (exact) mass is 192 g/mol. The lowest BCUT2D eigenvalue weighted by molar-refractivity contribution is -0.119. The smallest absolute Gasteiger partial charge is 0.128 e. The predicted octanol–water partition coefficient (Wildman–Crippen LogP) is 1.93. The van der Waals surface area contributed by atoms with Crippen LogP contribution >= 0.6 is 0 Å². The van der Waals surface area contributed by atoms with Crippen molar-refractivity contribution in [3.8, 4) is 11.8 Å². The largest absolute Gasteiger partial charge is 0.374 e. The minimum absolute atomic E-state index is 0.184. The molecule has 0 aromatic rings. The maximum atomic E-state index is 11.2. The number of hydrogen-bond acceptors (Lipinski definition) is 2. The Hall–Kier alpha value is -0.810. The van der Waals surface area contributed by atoms with Gasteiger partial charge >= 0.3 is 0 Å². The highest BCUT2D eigenvalue weighted by molar-refractivity contribution is 5.61. The van der Waals surface area contributed by atoms with Gasteiger partial charge in [0.05, 0.1) is 17.6 Å². The average molecular weight is 192 g/mol. The van der Waals surface area contributed by atoms with Crippen molar-refractivity contribution in [3.05, 3.63) is 0 Å². The quantitative estimate of drug-likeness (QED) is 0.504. The molecule has 2 nitrogen and oxygen atoms in total. The third-order valence-electron chi connectivity index (χ3n) is 3.48. The second-order valence-corrected chi connectivity index (χ2v) is 4.31. The Balaban J connectivity index is 2.02. The normalized spacial score (nSPS) is 39.2. The summed E-state index contributed by atoms with van der Waals surface area (Å²) >= 11 is 0. The fraction of sp³-hybridized carbons (Fsp3) is 0.750. The summed E-state index contributed by atoms with van der Waals surface area (Å²) < 4.78 is 5.73. The van der Waals surface area contributed by atoms with E-state index >= 15 is 0 Å². The summed E-state index contributed by atoms with van der Waals surface area (Å²) in [6.45, 7) is 1.84. The van der Waals surface area contributed by atoms with Crippen LogP contribution in [0.15, 0.2) is 0 Å². The van der Waals surface area contributed by atoms with E-state index in [1.165, 1.54) is 0 Å². The number of carbonyl (C=O) groups excluding carboxylic acids is 1. The first-order valence-electron chi connectivity index (χ1n) is 5.32. The van der Waals surface area contributed by atoms with E-state index in [1.807, 2.05) is 6.92 Å². The summed E-state index contributed by atoms with van der Waals surface area (Å²) in [7, 11) is 0. The summed E-state index contributed by atoms with van der Waals surface area (Å²) in [6, 6.07) is 0. The zero-order valence-electron chi connectivity index (χ0n) is 8.58. The van der Waals surface area contributed by atoms with Crippen LogP contribution < -0.4 is 0 Å². The molecule has 0 spiro atoms. The first-order chi connectivity index (χ1) is 6.80. The number of ether oxygens (including phenoxy) is 1. The van der Waals surface area contributed by atoms with Gasteiger partial charge in [0.25, 0.3) is 0 Å². The van der Waals surface area contributed by atoms with Crippen molar-refractivity contribution in [3.63, 3.8) is 0 Å². The molecule has 2 rings (SSSR count). The van der Waals surface area contributed by atoms with Crippen LogP contribution in [0.3, 0.4) is 0 Å². The van der Waals surface area contributed by atoms with E-state index in [4.69, 9.17) is 4.74 Å². The highest BCUT2D eigenvalue weighted by Crippen LogP contribution is 2.48. The SMILES string of the molecule is CC#CCCC1(C=O)CC2CCC1O2. The van der Waals surface area contributed by atoms with Crippen molar-refractivity contribution in [2.75, 3.05) is 0 Å². The van der Waals surface area contributed by atoms with E-state index in [-0.39, 0.29) is 11.5 Å². The molecule has 3 unspecified atom stereocenters. The molecule has 0 aliphatic carbocycles. The predicted molar refractivity (Wildman–Crippen MR) is 53.7 cm³/mol. The second kappa shape index (κ2) is 3.74. The summed E-state index contributed by atoms with van der Waals surface area (Å²) in [5, 5.41) is 0. The topological polar surface area (TPSA) is 26.3 Å². The van der Waals surface area contributed by atoms with Crippen LogP contribution in [0.5, 0.6) is 0 Å². The van der Waals surface area contributed by atoms with Crippen LogP contribution in [0, 0.1) is 17.3 Å². The summed E-state index contributed by atoms with van der Waals surface area (Å²) in [4.78, 5) is 11.2. The molecule has 76 valence electrons. The zero-order valence-corrected chi connectivity index (χ0v) is 8.58. The lowest BCUT2D eigenvalue weighted by Gasteiger charge is -2.28. The third-order valence-corrected chi connectivity index (χ3v) is 3.48. The molecule has 2 aliphatic rings. The van der Waals surface area contributed by atoms with Gasteiger partial charge in [0.1, 0.15) is 6.29 Å². The number of fused-ring (bicyclic) bond motifs is 2. The molecule has 0 N–H and O–H groups in total. The molecule has 0 amide bonds. The fourth-order valence-corrected chi connectivity index (χ4v) is 2.70. The van der Waals surface area contributed by atoms with Crippen molar-refractivity contribution in [1.29, 1.82) is 0 Å². The highest BCUT2D eigenvalue weighted by Gasteiger charge is 2.51. The molecule has 2 heteroatoms. The zero-order chi connectivity index (χ0) is 10.0. The molecule has 14 heavy (non-hydrogen) atoms. The highest BCUT2D eigenvalue weighted by atomic mass is 16.5. The van der Waals surface area contributed by atoms with Gasteiger partial charge < -0.3 is 9.53 Å². The Labute approximate surface area is 85.0 Å². The van der Waals surface area contributed by atoms with Gasteiger partial charge in [-0.25, -0.2) is 0 Å². The molecule has 2 heterocycles. The van der Waals surface area contributed by atoms with Gasteiger partial charge in [-0.1, -0.05) is 0 Å². The van der Waals surface area contributed by atoms with Crippen molar-refractivity contribution in [1.82, 2.24) is 0 Å². The van der Waals surface area contributed by atoms with E-state index < -0.39 is 0 Å². The number of carbonyl (C=O) groups is 1. The van der Waals surface area contributed by atoms with Gasteiger partial charge in [-0.05, 0) is 32.6 Å². The summed E-state index contributed by atoms with van der Waals surface area (Å²) in [6.07, 6.45) is 6.47. The molecule has 3 atom stereocenters. The number of hydrogen-bond donors (Lipinski definition) is 0. The molecule has 0 radical (unpaired) electrons. The van der Waals surface area contributed by atoms with Crippen LogP contribution in [0.2, 0.25) is 0 Å². The Bertz CT molecular complexity index is 286. The van der Waals surface area contributed by atoms with Gasteiger partial charge in [0.2, 0.25) is 0 Å². The summed E-state index contributed by atoms with van der Waals surface area (Å²) in [5.74, 6) is 5.90. The number of rotatable bonds is 3. The van der Waals surface area contributed by atoms with Gasteiger partial charge in [-0.15, -0.1) is 11.8 Å². The first kappa shape index (κ1) is 9.73. The van der Waals surface area contributed by atoms with Crippen molar-refractivity contribution in [2.45, 2.75) is 51.2 Å². The molecule has 2 bridgehead atoms. The molecule has 0 aromatic carbocycles. The van der Waals surface area contributed by atoms with Crippen molar-refractivity contribution >= 4 is 6.29 Å². The Morgan fingerprint density at radius 2 is 2.43 bits per heavy atom. The van der Waals surface area contributed by atoms with Crippen LogP contribution in [0.4, 0.5) is 0 Å². The third kappa shape index (κ3) is 1.46. The standard InChI is InChI=1S/C12H16O2/c1-2-3-4-7-12(9-13)8-10-5-6-11(12)14-10/h9-11H,4-8H2,1H3. The molecule has 0 aromatic heterocycles. The molecule has 2 aliphatic heterocycles. The number of aldehydes is 1. The van der Waals surface area contributed by atoms with Crippen LogP contribution in [-0.4, -0.2) is 18.5 Å². The molecule has 2 fully saturated rings. The molecular weight excluding hydrogens is 176 g/mol. The lowest BCUT2D eigenvalue weighted by atomic mass is 9.72. The Morgan fingerprint density at radius 3 is 2.93 bits per heavy atom. The van der Waals surface area contributed by atoms with E-state index in [2.05, 4.69) is 11.8 Å². The molecule has 0 saturated carbocycles. The Kier molecular flexibility index (Phi) is 2.60. The first-order valence-corrected chi connectivity index (χ1v) is 5.32. The minimum atomic E-state index is -0.202. The maximum absolute atomic E-state index is 11.2. The average Bonchev–Trinajstić information content (AvgIpc) is 2.78. The van der Waals surface area contributed by atoms with Crippen molar-refractivity contribution in [2.24, 2.45) is 5.41 Å². The van der Waals surface area contributed by atoms with Crippen molar-refractivity contribution < 1.29 is 9.53 Å². The van der Waals surface area contributed by atoms with Crippen LogP contribution in [-0.2, 0) is 9.53 Å². The van der Waals surface area contributed by atoms with Crippen LogP contribution in [0.25, 0.3) is 0 Å². The summed E-state index contributed by atoms with van der Waals surface area (Å²) in [5.41, 5.74) is -0.202.